The van der Waals surface area contributed by atoms with Gasteiger partial charge in [-0.3, -0.25) is 14.2 Å². The molecule has 0 radical (unpaired) electrons. The average Bonchev–Trinajstić information content (AvgIpc) is 3.30. The van der Waals surface area contributed by atoms with E-state index in [0.29, 0.717) is 10.8 Å². The molecule has 0 aliphatic carbocycles. The smallest absolute Gasteiger partial charge is 0.269 e. The van der Waals surface area contributed by atoms with Gasteiger partial charge in [-0.05, 0) is 53.9 Å². The third-order valence-electron chi connectivity index (χ3n) is 7.28. The SMILES string of the molecule is O=c1c2c3ccc4ccc5ccc6ccc(c2c(=O)n1CC(F)(F)C(F)(F)C(F)(F)F)c1c6c5c4c31. The van der Waals surface area contributed by atoms with Crippen molar-refractivity contribution in [2.75, 3.05) is 0 Å². The fraction of sp³-hybridized carbons (Fsp3) is 0.154. The van der Waals surface area contributed by atoms with Gasteiger partial charge in [0, 0.05) is 0 Å². The van der Waals surface area contributed by atoms with Gasteiger partial charge >= 0.3 is 18.0 Å². The molecule has 10 heteroatoms. The maximum atomic E-state index is 14.2. The highest BCUT2D eigenvalue weighted by atomic mass is 19.4. The Balaban J connectivity index is 1.65. The maximum Gasteiger partial charge on any atom is 0.459 e. The first kappa shape index (κ1) is 21.3. The molecule has 1 heterocycles. The van der Waals surface area contributed by atoms with Crippen LogP contribution in [0.25, 0.3) is 64.6 Å². The van der Waals surface area contributed by atoms with Crippen molar-refractivity contribution in [2.45, 2.75) is 24.6 Å². The largest absolute Gasteiger partial charge is 0.459 e. The summed E-state index contributed by atoms with van der Waals surface area (Å²) < 4.78 is 93.5. The number of nitrogens with zero attached hydrogens (tertiary/aromatic N) is 1. The second-order valence-electron chi connectivity index (χ2n) is 9.12. The Hall–Kier alpha value is -3.95. The van der Waals surface area contributed by atoms with E-state index in [1.807, 2.05) is 24.3 Å². The number of fused-ring (bicyclic) bond motifs is 3. The molecule has 0 fully saturated rings. The molecule has 0 aliphatic heterocycles. The van der Waals surface area contributed by atoms with Crippen molar-refractivity contribution in [2.24, 2.45) is 0 Å². The molecule has 6 aromatic carbocycles. The van der Waals surface area contributed by atoms with Crippen LogP contribution in [-0.2, 0) is 6.54 Å². The summed E-state index contributed by atoms with van der Waals surface area (Å²) in [6.07, 6.45) is -6.57. The lowest BCUT2D eigenvalue weighted by molar-refractivity contribution is -0.357. The third-order valence-corrected chi connectivity index (χ3v) is 7.28. The minimum absolute atomic E-state index is 0.203. The lowest BCUT2D eigenvalue weighted by atomic mass is 9.95. The van der Waals surface area contributed by atoms with Crippen molar-refractivity contribution in [3.8, 4) is 0 Å². The zero-order valence-electron chi connectivity index (χ0n) is 17.7. The predicted octanol–water partition coefficient (Wildman–Crippen LogP) is 6.71. The Morgan fingerprint density at radius 1 is 0.528 bits per heavy atom. The van der Waals surface area contributed by atoms with Crippen molar-refractivity contribution >= 4 is 64.6 Å². The number of hydrogen-bond acceptors (Lipinski definition) is 2. The number of halogens is 7. The highest BCUT2D eigenvalue weighted by Crippen LogP contribution is 2.50. The van der Waals surface area contributed by atoms with E-state index in [2.05, 4.69) is 0 Å². The molecule has 1 aromatic heterocycles. The van der Waals surface area contributed by atoms with E-state index in [1.54, 1.807) is 24.3 Å². The van der Waals surface area contributed by atoms with E-state index in [9.17, 15) is 40.3 Å². The van der Waals surface area contributed by atoms with Gasteiger partial charge in [-0.15, -0.1) is 0 Å². The van der Waals surface area contributed by atoms with Gasteiger partial charge in [-0.2, -0.15) is 30.7 Å². The van der Waals surface area contributed by atoms with Crippen LogP contribution in [0.1, 0.15) is 0 Å². The maximum absolute atomic E-state index is 14.2. The first-order valence-electron chi connectivity index (χ1n) is 10.7. The summed E-state index contributed by atoms with van der Waals surface area (Å²) >= 11 is 0. The molecule has 0 N–H and O–H groups in total. The van der Waals surface area contributed by atoms with E-state index >= 15 is 0 Å². The van der Waals surface area contributed by atoms with Gasteiger partial charge in [0.05, 0.1) is 17.3 Å². The molecule has 0 bridgehead atoms. The Morgan fingerprint density at radius 2 is 0.889 bits per heavy atom. The molecule has 0 saturated carbocycles. The van der Waals surface area contributed by atoms with Gasteiger partial charge in [0.1, 0.15) is 0 Å². The van der Waals surface area contributed by atoms with Crippen molar-refractivity contribution in [1.82, 2.24) is 4.57 Å². The van der Waals surface area contributed by atoms with Crippen molar-refractivity contribution < 1.29 is 30.7 Å². The van der Waals surface area contributed by atoms with Gasteiger partial charge in [0.25, 0.3) is 11.1 Å². The molecule has 0 spiro atoms. The molecular formula is C26H10F7NO2. The molecule has 0 unspecified atom stereocenters. The zero-order chi connectivity index (χ0) is 25.5. The summed E-state index contributed by atoms with van der Waals surface area (Å²) in [6, 6.07) is 14.1. The second kappa shape index (κ2) is 6.05. The topological polar surface area (TPSA) is 39.1 Å². The second-order valence-corrected chi connectivity index (χ2v) is 9.12. The highest BCUT2D eigenvalue weighted by Gasteiger charge is 2.73. The van der Waals surface area contributed by atoms with Crippen LogP contribution in [0.15, 0.2) is 58.1 Å². The van der Waals surface area contributed by atoms with E-state index in [1.165, 1.54) is 0 Å². The number of rotatable bonds is 3. The summed E-state index contributed by atoms with van der Waals surface area (Å²) in [4.78, 5) is 26.5. The monoisotopic (exact) mass is 501 g/mol. The van der Waals surface area contributed by atoms with Crippen LogP contribution >= 0.6 is 0 Å². The minimum Gasteiger partial charge on any atom is -0.269 e. The molecule has 180 valence electrons. The number of benzene rings is 5. The Labute approximate surface area is 194 Å². The van der Waals surface area contributed by atoms with Crippen LogP contribution in [0.4, 0.5) is 30.7 Å². The number of aromatic nitrogens is 1. The van der Waals surface area contributed by atoms with Crippen LogP contribution in [0.2, 0.25) is 0 Å². The molecular weight excluding hydrogens is 491 g/mol. The molecule has 7 rings (SSSR count). The summed E-state index contributed by atoms with van der Waals surface area (Å²) in [7, 11) is 0. The molecule has 0 saturated heterocycles. The van der Waals surface area contributed by atoms with Gasteiger partial charge in [0.15, 0.2) is 0 Å². The summed E-state index contributed by atoms with van der Waals surface area (Å²) in [5.41, 5.74) is -2.67. The van der Waals surface area contributed by atoms with Gasteiger partial charge < -0.3 is 0 Å². The Bertz CT molecular complexity index is 1980. The minimum atomic E-state index is -6.57. The number of alkyl halides is 7. The van der Waals surface area contributed by atoms with E-state index in [-0.39, 0.29) is 26.1 Å². The van der Waals surface area contributed by atoms with Gasteiger partial charge in [-0.1, -0.05) is 48.5 Å². The van der Waals surface area contributed by atoms with E-state index in [0.717, 1.165) is 32.3 Å². The summed E-state index contributed by atoms with van der Waals surface area (Å²) in [5, 5.41) is 6.31. The first-order chi connectivity index (χ1) is 16.8. The van der Waals surface area contributed by atoms with E-state index < -0.39 is 35.7 Å². The lowest BCUT2D eigenvalue weighted by Gasteiger charge is -2.27. The van der Waals surface area contributed by atoms with Crippen LogP contribution in [-0.4, -0.2) is 22.6 Å². The Kier molecular flexibility index (Phi) is 3.59. The first-order valence-corrected chi connectivity index (χ1v) is 10.7. The molecule has 7 aromatic rings. The van der Waals surface area contributed by atoms with Crippen LogP contribution in [0.3, 0.4) is 0 Å². The van der Waals surface area contributed by atoms with Crippen molar-refractivity contribution in [1.29, 1.82) is 0 Å². The van der Waals surface area contributed by atoms with Crippen molar-refractivity contribution in [3.63, 3.8) is 0 Å². The third kappa shape index (κ3) is 2.21. The quantitative estimate of drug-likeness (QED) is 0.199. The molecule has 0 amide bonds. The zero-order valence-corrected chi connectivity index (χ0v) is 17.7. The van der Waals surface area contributed by atoms with Crippen molar-refractivity contribution in [3.05, 3.63) is 69.2 Å². The fourth-order valence-electron chi connectivity index (χ4n) is 5.71. The summed E-state index contributed by atoms with van der Waals surface area (Å²) in [6.45, 7) is -2.41. The molecule has 0 aliphatic rings. The normalized spacial score (nSPS) is 14.3. The average molecular weight is 501 g/mol. The Morgan fingerprint density at radius 3 is 1.28 bits per heavy atom. The number of hydrogen-bond donors (Lipinski definition) is 0. The standard InChI is InChI=1S/C26H10F7NO2/c27-24(28,25(29,30)26(31,32)33)9-34-22(35)20-13-7-5-11-3-1-10-2-4-12-6-8-14(21(20)23(34)36)19-17(12)15(10)16(11)18(13)19/h1-8H,9H2. The molecule has 0 atom stereocenters. The predicted molar refractivity (Wildman–Crippen MR) is 123 cm³/mol. The molecule has 3 nitrogen and oxygen atoms in total. The van der Waals surface area contributed by atoms with Crippen LogP contribution < -0.4 is 11.1 Å². The van der Waals surface area contributed by atoms with Crippen LogP contribution in [0.5, 0.6) is 0 Å². The highest BCUT2D eigenvalue weighted by molar-refractivity contribution is 6.48. The fourth-order valence-corrected chi connectivity index (χ4v) is 5.71. The van der Waals surface area contributed by atoms with E-state index in [4.69, 9.17) is 0 Å². The lowest BCUT2D eigenvalue weighted by Crippen LogP contribution is -2.55. The summed E-state index contributed by atoms with van der Waals surface area (Å²) in [5.74, 6) is -12.2. The molecule has 36 heavy (non-hydrogen) atoms. The van der Waals surface area contributed by atoms with Gasteiger partial charge in [-0.25, -0.2) is 0 Å². The van der Waals surface area contributed by atoms with Crippen LogP contribution in [0, 0.1) is 0 Å². The van der Waals surface area contributed by atoms with Gasteiger partial charge in [0.2, 0.25) is 0 Å².